The van der Waals surface area contributed by atoms with Crippen molar-refractivity contribution in [2.24, 2.45) is 0 Å². The van der Waals surface area contributed by atoms with E-state index in [9.17, 15) is 4.79 Å². The van der Waals surface area contributed by atoms with Gasteiger partial charge >= 0.3 is 6.03 Å². The zero-order valence-corrected chi connectivity index (χ0v) is 13.4. The van der Waals surface area contributed by atoms with E-state index in [1.807, 2.05) is 48.5 Å². The van der Waals surface area contributed by atoms with Crippen LogP contribution in [0.3, 0.4) is 0 Å². The average Bonchev–Trinajstić information content (AvgIpc) is 2.60. The molecule has 0 bridgehead atoms. The quantitative estimate of drug-likeness (QED) is 0.767. The molecule has 0 aromatic heterocycles. The number of amides is 2. The Bertz CT molecular complexity index is 624. The van der Waals surface area contributed by atoms with E-state index in [0.717, 1.165) is 22.4 Å². The second kappa shape index (κ2) is 8.19. The number of ether oxygens (including phenoxy) is 1. The van der Waals surface area contributed by atoms with Gasteiger partial charge < -0.3 is 20.5 Å². The molecule has 3 N–H and O–H groups in total. The summed E-state index contributed by atoms with van der Waals surface area (Å²) in [6.07, 6.45) is 0. The zero-order chi connectivity index (χ0) is 16.7. The second-order valence-corrected chi connectivity index (χ2v) is 5.34. The summed E-state index contributed by atoms with van der Waals surface area (Å²) >= 11 is 0. The molecule has 0 aliphatic heterocycles. The lowest BCUT2D eigenvalue weighted by Gasteiger charge is -2.12. The number of hydrogen-bond donors (Lipinski definition) is 3. The van der Waals surface area contributed by atoms with Crippen LogP contribution in [0.15, 0.2) is 48.5 Å². The van der Waals surface area contributed by atoms with Crippen LogP contribution in [0.25, 0.3) is 11.1 Å². The number of methoxy groups -OCH3 is 1. The van der Waals surface area contributed by atoms with Gasteiger partial charge in [0.1, 0.15) is 5.75 Å². The van der Waals surface area contributed by atoms with Gasteiger partial charge in [0.05, 0.1) is 19.8 Å². The average molecular weight is 314 g/mol. The molecule has 5 nitrogen and oxygen atoms in total. The standard InChI is InChI=1S/C18H22N2O3/c1-13(12-21)20-18(22)19-11-14-3-5-15(6-4-14)16-7-9-17(23-2)10-8-16/h3-10,13,21H,11-12H2,1-2H3,(H2,19,20,22)/t13-/m1/s1. The van der Waals surface area contributed by atoms with Crippen molar-refractivity contribution in [3.8, 4) is 16.9 Å². The molecule has 23 heavy (non-hydrogen) atoms. The molecule has 0 aliphatic carbocycles. The molecular weight excluding hydrogens is 292 g/mol. The summed E-state index contributed by atoms with van der Waals surface area (Å²) in [5, 5.41) is 14.3. The van der Waals surface area contributed by atoms with E-state index in [2.05, 4.69) is 10.6 Å². The number of aliphatic hydroxyl groups excluding tert-OH is 1. The first-order valence-electron chi connectivity index (χ1n) is 7.51. The van der Waals surface area contributed by atoms with E-state index >= 15 is 0 Å². The fourth-order valence-electron chi connectivity index (χ4n) is 2.10. The number of nitrogens with one attached hydrogen (secondary N) is 2. The Morgan fingerprint density at radius 2 is 1.65 bits per heavy atom. The third-order valence-corrected chi connectivity index (χ3v) is 3.48. The van der Waals surface area contributed by atoms with Gasteiger partial charge in [-0.25, -0.2) is 4.79 Å². The van der Waals surface area contributed by atoms with Crippen LogP contribution in [0.4, 0.5) is 4.79 Å². The van der Waals surface area contributed by atoms with Crippen molar-refractivity contribution in [2.75, 3.05) is 13.7 Å². The summed E-state index contributed by atoms with van der Waals surface area (Å²) in [7, 11) is 1.65. The van der Waals surface area contributed by atoms with Gasteiger partial charge in [0.2, 0.25) is 0 Å². The van der Waals surface area contributed by atoms with E-state index < -0.39 is 0 Å². The minimum Gasteiger partial charge on any atom is -0.497 e. The molecule has 0 heterocycles. The number of rotatable bonds is 6. The van der Waals surface area contributed by atoms with E-state index in [1.54, 1.807) is 14.0 Å². The van der Waals surface area contributed by atoms with Crippen LogP contribution in [-0.4, -0.2) is 30.9 Å². The van der Waals surface area contributed by atoms with Crippen LogP contribution < -0.4 is 15.4 Å². The molecular formula is C18H22N2O3. The van der Waals surface area contributed by atoms with E-state index in [0.29, 0.717) is 6.54 Å². The first kappa shape index (κ1) is 16.8. The highest BCUT2D eigenvalue weighted by Gasteiger charge is 2.05. The topological polar surface area (TPSA) is 70.6 Å². The number of carbonyl (C=O) groups is 1. The van der Waals surface area contributed by atoms with Crippen molar-refractivity contribution in [1.82, 2.24) is 10.6 Å². The summed E-state index contributed by atoms with van der Waals surface area (Å²) in [4.78, 5) is 11.6. The zero-order valence-electron chi connectivity index (χ0n) is 13.4. The van der Waals surface area contributed by atoms with Gasteiger partial charge in [0.15, 0.2) is 0 Å². The van der Waals surface area contributed by atoms with Crippen molar-refractivity contribution in [2.45, 2.75) is 19.5 Å². The monoisotopic (exact) mass is 314 g/mol. The molecule has 2 rings (SSSR count). The van der Waals surface area contributed by atoms with Crippen molar-refractivity contribution < 1.29 is 14.6 Å². The number of benzene rings is 2. The third kappa shape index (κ3) is 5.00. The maximum Gasteiger partial charge on any atom is 0.315 e. The molecule has 0 saturated heterocycles. The lowest BCUT2D eigenvalue weighted by Crippen LogP contribution is -2.41. The van der Waals surface area contributed by atoms with Crippen molar-refractivity contribution in [1.29, 1.82) is 0 Å². The number of aliphatic hydroxyl groups is 1. The normalized spacial score (nSPS) is 11.6. The van der Waals surface area contributed by atoms with Gasteiger partial charge in [-0.3, -0.25) is 0 Å². The van der Waals surface area contributed by atoms with Gasteiger partial charge in [-0.05, 0) is 35.7 Å². The highest BCUT2D eigenvalue weighted by Crippen LogP contribution is 2.22. The first-order chi connectivity index (χ1) is 11.1. The Labute approximate surface area is 136 Å². The van der Waals surface area contributed by atoms with E-state index in [1.165, 1.54) is 0 Å². The summed E-state index contributed by atoms with van der Waals surface area (Å²) in [6.45, 7) is 2.10. The van der Waals surface area contributed by atoms with Crippen LogP contribution in [0.5, 0.6) is 5.75 Å². The van der Waals surface area contributed by atoms with Crippen LogP contribution >= 0.6 is 0 Å². The molecule has 0 spiro atoms. The summed E-state index contributed by atoms with van der Waals surface area (Å²) < 4.78 is 5.15. The molecule has 1 atom stereocenters. The highest BCUT2D eigenvalue weighted by atomic mass is 16.5. The highest BCUT2D eigenvalue weighted by molar-refractivity contribution is 5.74. The van der Waals surface area contributed by atoms with Gasteiger partial charge in [0, 0.05) is 6.54 Å². The molecule has 2 aromatic carbocycles. The molecule has 2 amide bonds. The maximum atomic E-state index is 11.6. The lowest BCUT2D eigenvalue weighted by atomic mass is 10.0. The predicted octanol–water partition coefficient (Wildman–Crippen LogP) is 2.54. The summed E-state index contributed by atoms with van der Waals surface area (Å²) in [5.41, 5.74) is 3.23. The Hall–Kier alpha value is -2.53. The largest absolute Gasteiger partial charge is 0.497 e. The van der Waals surface area contributed by atoms with E-state index in [-0.39, 0.29) is 18.7 Å². The van der Waals surface area contributed by atoms with Crippen molar-refractivity contribution in [3.05, 3.63) is 54.1 Å². The number of urea groups is 1. The smallest absolute Gasteiger partial charge is 0.315 e. The Kier molecular flexibility index (Phi) is 6.00. The molecule has 5 heteroatoms. The fraction of sp³-hybridized carbons (Fsp3) is 0.278. The van der Waals surface area contributed by atoms with Crippen molar-refractivity contribution >= 4 is 6.03 Å². The Morgan fingerprint density at radius 3 is 2.17 bits per heavy atom. The minimum atomic E-state index is -0.286. The lowest BCUT2D eigenvalue weighted by molar-refractivity contribution is 0.220. The number of carbonyl (C=O) groups excluding carboxylic acids is 1. The van der Waals surface area contributed by atoms with Gasteiger partial charge in [-0.2, -0.15) is 0 Å². The summed E-state index contributed by atoms with van der Waals surface area (Å²) in [6, 6.07) is 15.3. The predicted molar refractivity (Wildman–Crippen MR) is 90.3 cm³/mol. The van der Waals surface area contributed by atoms with Gasteiger partial charge in [-0.15, -0.1) is 0 Å². The van der Waals surface area contributed by atoms with Crippen LogP contribution in [-0.2, 0) is 6.54 Å². The third-order valence-electron chi connectivity index (χ3n) is 3.48. The van der Waals surface area contributed by atoms with Crippen LogP contribution in [0.1, 0.15) is 12.5 Å². The van der Waals surface area contributed by atoms with Gasteiger partial charge in [-0.1, -0.05) is 36.4 Å². The molecule has 0 unspecified atom stereocenters. The number of hydrogen-bond acceptors (Lipinski definition) is 3. The van der Waals surface area contributed by atoms with Crippen LogP contribution in [0, 0.1) is 0 Å². The molecule has 0 aliphatic rings. The van der Waals surface area contributed by atoms with Gasteiger partial charge in [0.25, 0.3) is 0 Å². The summed E-state index contributed by atoms with van der Waals surface area (Å²) in [5.74, 6) is 0.831. The fourth-order valence-corrected chi connectivity index (χ4v) is 2.10. The second-order valence-electron chi connectivity index (χ2n) is 5.34. The molecule has 122 valence electrons. The molecule has 2 aromatic rings. The first-order valence-corrected chi connectivity index (χ1v) is 7.51. The molecule has 0 saturated carbocycles. The minimum absolute atomic E-state index is 0.0794. The molecule has 0 radical (unpaired) electrons. The Balaban J connectivity index is 1.92. The van der Waals surface area contributed by atoms with E-state index in [4.69, 9.17) is 9.84 Å². The van der Waals surface area contributed by atoms with Crippen LogP contribution in [0.2, 0.25) is 0 Å². The van der Waals surface area contributed by atoms with Crippen molar-refractivity contribution in [3.63, 3.8) is 0 Å². The molecule has 0 fully saturated rings. The SMILES string of the molecule is COc1ccc(-c2ccc(CNC(=O)N[C@H](C)CO)cc2)cc1. The Morgan fingerprint density at radius 1 is 1.09 bits per heavy atom. The maximum absolute atomic E-state index is 11.6.